The molecule has 1 amide bonds. The Labute approximate surface area is 130 Å². The molecular weight excluding hydrogens is 304 g/mol. The number of aliphatic hydroxyl groups is 1. The van der Waals surface area contributed by atoms with Crippen LogP contribution in [0.15, 0.2) is 30.3 Å². The lowest BCUT2D eigenvalue weighted by Gasteiger charge is -2.17. The Morgan fingerprint density at radius 2 is 2.18 bits per heavy atom. The number of aryl methyl sites for hydroxylation is 1. The van der Waals surface area contributed by atoms with Gasteiger partial charge in [-0.05, 0) is 18.1 Å². The number of fused-ring (bicyclic) bond motifs is 1. The summed E-state index contributed by atoms with van der Waals surface area (Å²) < 4.78 is 0. The van der Waals surface area contributed by atoms with Gasteiger partial charge in [-0.15, -0.1) is 11.3 Å². The van der Waals surface area contributed by atoms with Crippen molar-refractivity contribution < 1.29 is 14.8 Å². The number of thiophene rings is 1. The van der Waals surface area contributed by atoms with Crippen molar-refractivity contribution in [2.45, 2.75) is 25.5 Å². The van der Waals surface area contributed by atoms with E-state index in [1.165, 1.54) is 6.07 Å². The number of hydrogen-bond donors (Lipinski definition) is 2. The number of rotatable bonds is 3. The summed E-state index contributed by atoms with van der Waals surface area (Å²) in [7, 11) is 0. The van der Waals surface area contributed by atoms with E-state index in [-0.39, 0.29) is 10.6 Å². The molecule has 2 aromatic rings. The summed E-state index contributed by atoms with van der Waals surface area (Å²) in [4.78, 5) is 23.4. The van der Waals surface area contributed by atoms with Crippen LogP contribution < -0.4 is 5.32 Å². The van der Waals surface area contributed by atoms with Gasteiger partial charge in [-0.3, -0.25) is 14.9 Å². The molecule has 6 nitrogen and oxygen atoms in total. The predicted octanol–water partition coefficient (Wildman–Crippen LogP) is 2.35. The molecule has 0 radical (unpaired) electrons. The quantitative estimate of drug-likeness (QED) is 0.671. The summed E-state index contributed by atoms with van der Waals surface area (Å²) in [6, 6.07) is 8.34. The van der Waals surface area contributed by atoms with Crippen LogP contribution in [0.25, 0.3) is 0 Å². The molecule has 0 spiro atoms. The smallest absolute Gasteiger partial charge is 0.283 e. The van der Waals surface area contributed by atoms with Crippen LogP contribution >= 0.6 is 11.3 Å². The number of aliphatic hydroxyl groups excluding tert-OH is 1. The van der Waals surface area contributed by atoms with Gasteiger partial charge < -0.3 is 10.4 Å². The zero-order chi connectivity index (χ0) is 15.9. The molecule has 114 valence electrons. The lowest BCUT2D eigenvalue weighted by atomic mass is 10.1. The minimum absolute atomic E-state index is 0.0532. The minimum Gasteiger partial charge on any atom is -0.390 e. The first-order valence-electron chi connectivity index (χ1n) is 6.79. The second-order valence-corrected chi connectivity index (χ2v) is 6.49. The Morgan fingerprint density at radius 3 is 2.86 bits per heavy atom. The van der Waals surface area contributed by atoms with Gasteiger partial charge in [0.2, 0.25) is 0 Å². The Kier molecular flexibility index (Phi) is 3.67. The highest BCUT2D eigenvalue weighted by molar-refractivity contribution is 7.14. The monoisotopic (exact) mass is 318 g/mol. The van der Waals surface area contributed by atoms with Crippen LogP contribution in [0.1, 0.15) is 31.7 Å². The van der Waals surface area contributed by atoms with Crippen molar-refractivity contribution in [1.29, 1.82) is 0 Å². The molecular formula is C15H14N2O4S. The molecule has 0 bridgehead atoms. The molecule has 0 saturated heterocycles. The van der Waals surface area contributed by atoms with Crippen molar-refractivity contribution in [3.63, 3.8) is 0 Å². The fourth-order valence-electron chi connectivity index (χ4n) is 2.73. The third kappa shape index (κ3) is 2.49. The van der Waals surface area contributed by atoms with Crippen molar-refractivity contribution >= 4 is 22.9 Å². The Bertz CT molecular complexity index is 756. The molecule has 0 fully saturated rings. The summed E-state index contributed by atoms with van der Waals surface area (Å²) in [5.41, 5.74) is 1.85. The third-order valence-corrected chi connectivity index (χ3v) is 4.84. The topological polar surface area (TPSA) is 92.5 Å². The van der Waals surface area contributed by atoms with Gasteiger partial charge in [0, 0.05) is 12.5 Å². The van der Waals surface area contributed by atoms with Gasteiger partial charge in [-0.1, -0.05) is 24.3 Å². The number of carbonyl (C=O) groups is 1. The summed E-state index contributed by atoms with van der Waals surface area (Å²) in [6.45, 7) is 1.61. The van der Waals surface area contributed by atoms with E-state index < -0.39 is 23.0 Å². The largest absolute Gasteiger partial charge is 0.390 e. The SMILES string of the molecule is Cc1sc(C(=O)N[C@H]2c3ccccc3C[C@H]2O)cc1[N+](=O)[O-]. The second-order valence-electron chi connectivity index (χ2n) is 5.23. The van der Waals surface area contributed by atoms with Gasteiger partial charge in [0.25, 0.3) is 11.6 Å². The second kappa shape index (κ2) is 5.51. The Morgan fingerprint density at radius 1 is 1.45 bits per heavy atom. The van der Waals surface area contributed by atoms with E-state index >= 15 is 0 Å². The first-order chi connectivity index (χ1) is 10.5. The standard InChI is InChI=1S/C15H14N2O4S/c1-8-11(17(20)21)7-13(22-8)15(19)16-14-10-5-3-2-4-9(10)6-12(14)18/h2-5,7,12,14,18H,6H2,1H3,(H,16,19)/t12-,14+/m1/s1. The number of nitrogens with one attached hydrogen (secondary N) is 1. The van der Waals surface area contributed by atoms with Crippen LogP contribution in [0.5, 0.6) is 0 Å². The van der Waals surface area contributed by atoms with Crippen LogP contribution in [0.3, 0.4) is 0 Å². The zero-order valence-electron chi connectivity index (χ0n) is 11.8. The van der Waals surface area contributed by atoms with Crippen molar-refractivity contribution in [2.24, 2.45) is 0 Å². The van der Waals surface area contributed by atoms with E-state index in [1.54, 1.807) is 6.92 Å². The van der Waals surface area contributed by atoms with Crippen LogP contribution in [0.4, 0.5) is 5.69 Å². The van der Waals surface area contributed by atoms with Crippen LogP contribution in [0, 0.1) is 17.0 Å². The fourth-order valence-corrected chi connectivity index (χ4v) is 3.62. The molecule has 0 saturated carbocycles. The molecule has 3 rings (SSSR count). The number of benzene rings is 1. The fraction of sp³-hybridized carbons (Fsp3) is 0.267. The number of hydrogen-bond acceptors (Lipinski definition) is 5. The van der Waals surface area contributed by atoms with Crippen LogP contribution in [0.2, 0.25) is 0 Å². The normalized spacial score (nSPS) is 19.7. The van der Waals surface area contributed by atoms with Crippen molar-refractivity contribution in [2.75, 3.05) is 0 Å². The summed E-state index contributed by atoms with van der Waals surface area (Å²) >= 11 is 1.08. The molecule has 1 aromatic heterocycles. The minimum atomic E-state index is -0.683. The van der Waals surface area contributed by atoms with Gasteiger partial charge >= 0.3 is 0 Å². The maximum Gasteiger partial charge on any atom is 0.283 e. The third-order valence-electron chi connectivity index (χ3n) is 3.80. The Balaban J connectivity index is 1.83. The molecule has 22 heavy (non-hydrogen) atoms. The van der Waals surface area contributed by atoms with Crippen molar-refractivity contribution in [1.82, 2.24) is 5.32 Å². The molecule has 1 heterocycles. The predicted molar refractivity (Wildman–Crippen MR) is 82.1 cm³/mol. The van der Waals surface area contributed by atoms with E-state index in [0.717, 1.165) is 22.5 Å². The van der Waals surface area contributed by atoms with E-state index in [2.05, 4.69) is 5.32 Å². The van der Waals surface area contributed by atoms with Crippen LogP contribution in [-0.2, 0) is 6.42 Å². The average molecular weight is 318 g/mol. The molecule has 0 aliphatic heterocycles. The Hall–Kier alpha value is -2.25. The molecule has 1 aromatic carbocycles. The number of amides is 1. The average Bonchev–Trinajstić information content (AvgIpc) is 3.00. The lowest BCUT2D eigenvalue weighted by molar-refractivity contribution is -0.385. The molecule has 2 N–H and O–H groups in total. The first kappa shape index (κ1) is 14.7. The van der Waals surface area contributed by atoms with Crippen LogP contribution in [-0.4, -0.2) is 22.0 Å². The summed E-state index contributed by atoms with van der Waals surface area (Å²) in [6.07, 6.45) is -0.192. The maximum atomic E-state index is 12.3. The van der Waals surface area contributed by atoms with Gasteiger partial charge in [0.15, 0.2) is 0 Å². The number of nitro groups is 1. The van der Waals surface area contributed by atoms with E-state index in [9.17, 15) is 20.0 Å². The zero-order valence-corrected chi connectivity index (χ0v) is 12.6. The molecule has 1 aliphatic rings. The van der Waals surface area contributed by atoms with Crippen molar-refractivity contribution in [3.05, 3.63) is 61.3 Å². The highest BCUT2D eigenvalue weighted by Crippen LogP contribution is 2.33. The van der Waals surface area contributed by atoms with Gasteiger partial charge in [-0.2, -0.15) is 0 Å². The van der Waals surface area contributed by atoms with E-state index in [4.69, 9.17) is 0 Å². The summed E-state index contributed by atoms with van der Waals surface area (Å²) in [5, 5.41) is 23.8. The maximum absolute atomic E-state index is 12.3. The lowest BCUT2D eigenvalue weighted by Crippen LogP contribution is -2.33. The highest BCUT2D eigenvalue weighted by Gasteiger charge is 2.32. The van der Waals surface area contributed by atoms with Gasteiger partial charge in [0.05, 0.1) is 26.8 Å². The molecule has 0 unspecified atom stereocenters. The highest BCUT2D eigenvalue weighted by atomic mass is 32.1. The number of nitrogens with zero attached hydrogens (tertiary/aromatic N) is 1. The van der Waals surface area contributed by atoms with E-state index in [1.807, 2.05) is 24.3 Å². The van der Waals surface area contributed by atoms with Crippen molar-refractivity contribution in [3.8, 4) is 0 Å². The van der Waals surface area contributed by atoms with Gasteiger partial charge in [0.1, 0.15) is 0 Å². The summed E-state index contributed by atoms with van der Waals surface area (Å²) in [5.74, 6) is -0.401. The van der Waals surface area contributed by atoms with Gasteiger partial charge in [-0.25, -0.2) is 0 Å². The number of carbonyl (C=O) groups excluding carboxylic acids is 1. The molecule has 7 heteroatoms. The molecule has 2 atom stereocenters. The molecule has 1 aliphatic carbocycles. The van der Waals surface area contributed by atoms with E-state index in [0.29, 0.717) is 11.3 Å². The first-order valence-corrected chi connectivity index (χ1v) is 7.60.